The van der Waals surface area contributed by atoms with Crippen molar-refractivity contribution in [3.63, 3.8) is 0 Å². The van der Waals surface area contributed by atoms with Gasteiger partial charge in [0.05, 0.1) is 25.6 Å². The topological polar surface area (TPSA) is 93.4 Å². The number of hydrogen-bond acceptors (Lipinski definition) is 5. The van der Waals surface area contributed by atoms with Crippen molar-refractivity contribution in [2.75, 3.05) is 18.5 Å². The molecule has 7 heteroatoms. The number of aliphatic hydroxyl groups is 1. The second-order valence-corrected chi connectivity index (χ2v) is 4.38. The Morgan fingerprint density at radius 1 is 1.33 bits per heavy atom. The Balaban J connectivity index is 2.19. The van der Waals surface area contributed by atoms with Crippen molar-refractivity contribution in [3.05, 3.63) is 41.4 Å². The van der Waals surface area contributed by atoms with Crippen molar-refractivity contribution >= 4 is 17.5 Å². The van der Waals surface area contributed by atoms with Gasteiger partial charge in [0.15, 0.2) is 0 Å². The van der Waals surface area contributed by atoms with E-state index < -0.39 is 17.6 Å². The highest BCUT2D eigenvalue weighted by Crippen LogP contribution is 2.19. The van der Waals surface area contributed by atoms with E-state index in [1.165, 1.54) is 12.1 Å². The molecule has 1 aromatic rings. The Hall–Kier alpha value is -2.72. The number of carbonyl (C=O) groups is 2. The number of nitrogens with one attached hydrogen (secondary N) is 1. The molecule has 1 aliphatic rings. The van der Waals surface area contributed by atoms with Crippen molar-refractivity contribution in [1.29, 1.82) is 5.26 Å². The van der Waals surface area contributed by atoms with Crippen LogP contribution in [-0.2, 0) is 16.0 Å². The van der Waals surface area contributed by atoms with E-state index in [0.717, 1.165) is 17.0 Å². The monoisotopic (exact) mass is 289 g/mol. The Kier molecular flexibility index (Phi) is 4.30. The number of aliphatic hydroxyl groups excluding tert-OH is 1. The summed E-state index contributed by atoms with van der Waals surface area (Å²) in [6.45, 7) is -0.424. The Bertz CT molecular complexity index is 664. The van der Waals surface area contributed by atoms with E-state index in [-0.39, 0.29) is 31.0 Å². The van der Waals surface area contributed by atoms with Crippen molar-refractivity contribution in [3.8, 4) is 6.07 Å². The number of amides is 2. The zero-order valence-electron chi connectivity index (χ0n) is 11.0. The maximum atomic E-state index is 13.4. The fourth-order valence-corrected chi connectivity index (χ4v) is 1.98. The number of benzene rings is 1. The predicted molar refractivity (Wildman–Crippen MR) is 71.2 cm³/mol. The fourth-order valence-electron chi connectivity index (χ4n) is 1.98. The molecule has 1 aliphatic heterocycles. The predicted octanol–water partition coefficient (Wildman–Crippen LogP) is 0.549. The molecule has 0 aliphatic carbocycles. The van der Waals surface area contributed by atoms with Gasteiger partial charge in [-0.05, 0) is 23.8 Å². The van der Waals surface area contributed by atoms with Crippen LogP contribution in [0.1, 0.15) is 5.56 Å². The normalized spacial score (nSPS) is 14.1. The summed E-state index contributed by atoms with van der Waals surface area (Å²) in [6, 6.07) is 5.82. The lowest BCUT2D eigenvalue weighted by atomic mass is 10.1. The summed E-state index contributed by atoms with van der Waals surface area (Å²) < 4.78 is 13.4. The van der Waals surface area contributed by atoms with Crippen LogP contribution in [0.25, 0.3) is 0 Å². The van der Waals surface area contributed by atoms with Crippen LogP contribution in [0.5, 0.6) is 0 Å². The highest BCUT2D eigenvalue weighted by molar-refractivity contribution is 6.17. The standard InChI is InChI=1S/C14H12FN3O3/c15-10-5-9(1-2-16)6-11(7-10)17-12-8-13(20)18(3-4-19)14(12)21/h5-8,17,19H,1,3-4H2. The Morgan fingerprint density at radius 3 is 2.76 bits per heavy atom. The third-order valence-corrected chi connectivity index (χ3v) is 2.85. The lowest BCUT2D eigenvalue weighted by Gasteiger charge is -2.13. The number of imide groups is 1. The van der Waals surface area contributed by atoms with Crippen molar-refractivity contribution in [1.82, 2.24) is 4.90 Å². The minimum Gasteiger partial charge on any atom is -0.395 e. The summed E-state index contributed by atoms with van der Waals surface area (Å²) in [7, 11) is 0. The summed E-state index contributed by atoms with van der Waals surface area (Å²) in [4.78, 5) is 24.4. The molecule has 0 aromatic heterocycles. The van der Waals surface area contributed by atoms with E-state index in [1.54, 1.807) is 0 Å². The molecule has 0 unspecified atom stereocenters. The van der Waals surface area contributed by atoms with Gasteiger partial charge in [-0.15, -0.1) is 0 Å². The number of anilines is 1. The minimum atomic E-state index is -0.583. The molecule has 0 fully saturated rings. The molecule has 0 atom stereocenters. The number of nitrogens with zero attached hydrogens (tertiary/aromatic N) is 2. The van der Waals surface area contributed by atoms with Gasteiger partial charge in [-0.25, -0.2) is 4.39 Å². The van der Waals surface area contributed by atoms with Gasteiger partial charge in [-0.1, -0.05) is 0 Å². The van der Waals surface area contributed by atoms with E-state index in [1.807, 2.05) is 6.07 Å². The zero-order valence-corrected chi connectivity index (χ0v) is 11.0. The van der Waals surface area contributed by atoms with E-state index in [9.17, 15) is 14.0 Å². The summed E-state index contributed by atoms with van der Waals surface area (Å²) in [5.74, 6) is -1.67. The number of hydrogen-bond donors (Lipinski definition) is 2. The Labute approximate surface area is 120 Å². The third kappa shape index (κ3) is 3.24. The average molecular weight is 289 g/mol. The largest absolute Gasteiger partial charge is 0.395 e. The van der Waals surface area contributed by atoms with Gasteiger partial charge < -0.3 is 10.4 Å². The fraction of sp³-hybridized carbons (Fsp3) is 0.214. The summed E-state index contributed by atoms with van der Waals surface area (Å²) in [6.07, 6.45) is 1.13. The molecule has 0 saturated heterocycles. The van der Waals surface area contributed by atoms with Gasteiger partial charge in [0.2, 0.25) is 0 Å². The van der Waals surface area contributed by atoms with Crippen LogP contribution in [0.2, 0.25) is 0 Å². The quantitative estimate of drug-likeness (QED) is 0.772. The van der Waals surface area contributed by atoms with E-state index in [2.05, 4.69) is 5.32 Å². The van der Waals surface area contributed by atoms with Gasteiger partial charge in [-0.3, -0.25) is 14.5 Å². The molecule has 0 spiro atoms. The molecule has 2 amide bonds. The van der Waals surface area contributed by atoms with Gasteiger partial charge in [-0.2, -0.15) is 5.26 Å². The second-order valence-electron chi connectivity index (χ2n) is 4.38. The van der Waals surface area contributed by atoms with Gasteiger partial charge in [0.1, 0.15) is 11.5 Å². The third-order valence-electron chi connectivity index (χ3n) is 2.85. The van der Waals surface area contributed by atoms with Crippen LogP contribution in [0, 0.1) is 17.1 Å². The molecule has 0 bridgehead atoms. The molecule has 0 saturated carbocycles. The minimum absolute atomic E-state index is 0.00181. The highest BCUT2D eigenvalue weighted by atomic mass is 19.1. The van der Waals surface area contributed by atoms with Gasteiger partial charge in [0, 0.05) is 11.8 Å². The molecule has 108 valence electrons. The van der Waals surface area contributed by atoms with Gasteiger partial charge >= 0.3 is 0 Å². The van der Waals surface area contributed by atoms with Crippen LogP contribution in [0.3, 0.4) is 0 Å². The molecule has 0 radical (unpaired) electrons. The van der Waals surface area contributed by atoms with Crippen LogP contribution >= 0.6 is 0 Å². The lowest BCUT2D eigenvalue weighted by molar-refractivity contribution is -0.137. The maximum absolute atomic E-state index is 13.4. The van der Waals surface area contributed by atoms with E-state index in [4.69, 9.17) is 10.4 Å². The number of β-amino-alcohol motifs (C(OH)–C–C–N with tert-alkyl or cyclic N) is 1. The molecular formula is C14H12FN3O3. The summed E-state index contributed by atoms with van der Waals surface area (Å²) >= 11 is 0. The molecule has 21 heavy (non-hydrogen) atoms. The van der Waals surface area contributed by atoms with Crippen LogP contribution < -0.4 is 5.32 Å². The number of halogens is 1. The van der Waals surface area contributed by atoms with Crippen LogP contribution in [0.4, 0.5) is 10.1 Å². The molecular weight excluding hydrogens is 277 g/mol. The second kappa shape index (κ2) is 6.15. The van der Waals surface area contributed by atoms with Crippen LogP contribution in [-0.4, -0.2) is 35.0 Å². The van der Waals surface area contributed by atoms with Crippen molar-refractivity contribution in [2.24, 2.45) is 0 Å². The van der Waals surface area contributed by atoms with Crippen LogP contribution in [0.15, 0.2) is 30.0 Å². The zero-order chi connectivity index (χ0) is 15.4. The first-order chi connectivity index (χ1) is 10.0. The first kappa shape index (κ1) is 14.7. The van der Waals surface area contributed by atoms with E-state index >= 15 is 0 Å². The molecule has 1 aromatic carbocycles. The number of nitriles is 1. The number of carbonyl (C=O) groups excluding carboxylic acids is 2. The van der Waals surface area contributed by atoms with Crippen molar-refractivity contribution < 1.29 is 19.1 Å². The van der Waals surface area contributed by atoms with Crippen molar-refractivity contribution in [2.45, 2.75) is 6.42 Å². The first-order valence-corrected chi connectivity index (χ1v) is 6.17. The summed E-state index contributed by atoms with van der Waals surface area (Å²) in [5.41, 5.74) is 0.741. The lowest BCUT2D eigenvalue weighted by Crippen LogP contribution is -2.34. The first-order valence-electron chi connectivity index (χ1n) is 6.17. The average Bonchev–Trinajstić information content (AvgIpc) is 2.67. The number of rotatable bonds is 5. The smallest absolute Gasteiger partial charge is 0.277 e. The molecule has 2 N–H and O–H groups in total. The highest BCUT2D eigenvalue weighted by Gasteiger charge is 2.30. The molecule has 6 nitrogen and oxygen atoms in total. The maximum Gasteiger partial charge on any atom is 0.277 e. The molecule has 2 rings (SSSR count). The molecule has 1 heterocycles. The summed E-state index contributed by atoms with van der Waals surface area (Å²) in [5, 5.41) is 20.1. The van der Waals surface area contributed by atoms with E-state index in [0.29, 0.717) is 5.56 Å². The van der Waals surface area contributed by atoms with Gasteiger partial charge in [0.25, 0.3) is 11.8 Å². The Morgan fingerprint density at radius 2 is 2.10 bits per heavy atom. The SMILES string of the molecule is N#CCc1cc(F)cc(NC2=CC(=O)N(CCO)C2=O)c1.